The van der Waals surface area contributed by atoms with Crippen LogP contribution in [0.3, 0.4) is 0 Å². The van der Waals surface area contributed by atoms with E-state index in [1.54, 1.807) is 31.9 Å². The molecule has 3 unspecified atom stereocenters. The van der Waals surface area contributed by atoms with E-state index in [-0.39, 0.29) is 24.0 Å². The molecule has 3 atom stereocenters. The summed E-state index contributed by atoms with van der Waals surface area (Å²) in [4.78, 5) is 31.5. The van der Waals surface area contributed by atoms with Gasteiger partial charge in [0.2, 0.25) is 5.91 Å². The molecule has 0 aliphatic carbocycles. The number of fused-ring (bicyclic) bond motifs is 1. The van der Waals surface area contributed by atoms with E-state index in [4.69, 9.17) is 0 Å². The summed E-state index contributed by atoms with van der Waals surface area (Å²) in [7, 11) is 1.63. The lowest BCUT2D eigenvalue weighted by molar-refractivity contribution is -0.137. The van der Waals surface area contributed by atoms with Gasteiger partial charge in [0.25, 0.3) is 0 Å². The zero-order chi connectivity index (χ0) is 25.7. The van der Waals surface area contributed by atoms with Gasteiger partial charge in [-0.2, -0.15) is 13.2 Å². The van der Waals surface area contributed by atoms with Gasteiger partial charge in [-0.1, -0.05) is 35.4 Å². The molecule has 0 aromatic heterocycles. The Bertz CT molecular complexity index is 1150. The summed E-state index contributed by atoms with van der Waals surface area (Å²) in [6, 6.07) is 8.82. The molecule has 0 saturated carbocycles. The van der Waals surface area contributed by atoms with Crippen molar-refractivity contribution in [1.82, 2.24) is 14.7 Å². The van der Waals surface area contributed by atoms with Crippen molar-refractivity contribution < 1.29 is 22.8 Å². The molecule has 2 fully saturated rings. The number of alkyl halides is 3. The number of nitrogens with zero attached hydrogens (tertiary/aromatic N) is 3. The third-order valence-electron chi connectivity index (χ3n) is 7.44. The van der Waals surface area contributed by atoms with Crippen molar-refractivity contribution in [2.24, 2.45) is 0 Å². The number of hydrogen-bond donors (Lipinski definition) is 0. The van der Waals surface area contributed by atoms with Crippen LogP contribution in [-0.4, -0.2) is 52.8 Å². The number of rotatable bonds is 3. The molecule has 2 aromatic carbocycles. The molecule has 2 aliphatic rings. The molecule has 188 valence electrons. The summed E-state index contributed by atoms with van der Waals surface area (Å²) in [5.41, 5.74) is 3.39. The second-order valence-corrected chi connectivity index (χ2v) is 9.89. The van der Waals surface area contributed by atoms with Gasteiger partial charge in [0.1, 0.15) is 0 Å². The molecular formula is C27H32F3N3O2. The Morgan fingerprint density at radius 2 is 1.77 bits per heavy atom. The number of halogens is 3. The molecule has 0 radical (unpaired) electrons. The molecule has 3 amide bonds. The number of piperazine rings is 1. The molecule has 8 heteroatoms. The summed E-state index contributed by atoms with van der Waals surface area (Å²) in [5.74, 6) is 0.109. The van der Waals surface area contributed by atoms with Crippen molar-refractivity contribution in [1.29, 1.82) is 0 Å². The zero-order valence-electron chi connectivity index (χ0n) is 20.8. The number of aryl methyl sites for hydroxylation is 3. The summed E-state index contributed by atoms with van der Waals surface area (Å²) in [6.07, 6.45) is -3.32. The number of urea groups is 1. The largest absolute Gasteiger partial charge is 0.416 e. The van der Waals surface area contributed by atoms with E-state index in [1.165, 1.54) is 4.90 Å². The minimum Gasteiger partial charge on any atom is -0.335 e. The predicted octanol–water partition coefficient (Wildman–Crippen LogP) is 5.79. The normalized spacial score (nSPS) is 21.2. The quantitative estimate of drug-likeness (QED) is 0.550. The molecule has 0 N–H and O–H groups in total. The number of carbonyl (C=O) groups excluding carboxylic acids is 2. The number of hydrogen-bond acceptors (Lipinski definition) is 2. The van der Waals surface area contributed by atoms with E-state index < -0.39 is 17.8 Å². The monoisotopic (exact) mass is 487 g/mol. The highest BCUT2D eigenvalue weighted by atomic mass is 19.4. The van der Waals surface area contributed by atoms with E-state index >= 15 is 0 Å². The molecule has 35 heavy (non-hydrogen) atoms. The number of benzene rings is 2. The van der Waals surface area contributed by atoms with Gasteiger partial charge in [-0.05, 0) is 62.9 Å². The van der Waals surface area contributed by atoms with Gasteiger partial charge >= 0.3 is 12.2 Å². The number of carbonyl (C=O) groups is 2. The van der Waals surface area contributed by atoms with Crippen LogP contribution in [0.25, 0.3) is 0 Å². The molecule has 5 nitrogen and oxygen atoms in total. The van der Waals surface area contributed by atoms with Crippen LogP contribution >= 0.6 is 0 Å². The summed E-state index contributed by atoms with van der Waals surface area (Å²) >= 11 is 0. The van der Waals surface area contributed by atoms with Crippen molar-refractivity contribution in [3.63, 3.8) is 0 Å². The SMILES string of the molecule is Cc1cc(C(C)N(C)C(=O)N2CCN3C(=O)CCC3C2c2ccc(C)cc2C)cc(C(F)(F)F)c1. The predicted molar refractivity (Wildman–Crippen MR) is 128 cm³/mol. The van der Waals surface area contributed by atoms with E-state index in [9.17, 15) is 22.8 Å². The van der Waals surface area contributed by atoms with Gasteiger partial charge in [0.15, 0.2) is 0 Å². The molecule has 2 aliphatic heterocycles. The van der Waals surface area contributed by atoms with Crippen LogP contribution in [0.15, 0.2) is 36.4 Å². The second-order valence-electron chi connectivity index (χ2n) is 9.89. The summed E-state index contributed by atoms with van der Waals surface area (Å²) < 4.78 is 40.2. The van der Waals surface area contributed by atoms with Crippen molar-refractivity contribution >= 4 is 11.9 Å². The maximum Gasteiger partial charge on any atom is 0.416 e. The van der Waals surface area contributed by atoms with Crippen molar-refractivity contribution in [3.05, 3.63) is 69.8 Å². The fourth-order valence-corrected chi connectivity index (χ4v) is 5.49. The fourth-order valence-electron chi connectivity index (χ4n) is 5.49. The topological polar surface area (TPSA) is 43.9 Å². The van der Waals surface area contributed by atoms with Crippen molar-refractivity contribution in [2.75, 3.05) is 20.1 Å². The average Bonchev–Trinajstić information content (AvgIpc) is 3.17. The van der Waals surface area contributed by atoms with Crippen LogP contribution in [0.1, 0.15) is 65.2 Å². The van der Waals surface area contributed by atoms with Gasteiger partial charge < -0.3 is 14.7 Å². The van der Waals surface area contributed by atoms with Crippen LogP contribution in [-0.2, 0) is 11.0 Å². The van der Waals surface area contributed by atoms with E-state index in [0.717, 1.165) is 28.8 Å². The first kappa shape index (κ1) is 25.1. The Kier molecular flexibility index (Phi) is 6.60. The van der Waals surface area contributed by atoms with Gasteiger partial charge in [0, 0.05) is 26.6 Å². The molecule has 2 heterocycles. The Labute approximate surface area is 204 Å². The van der Waals surface area contributed by atoms with E-state index in [2.05, 4.69) is 6.07 Å². The molecule has 2 aromatic rings. The minimum atomic E-state index is -4.46. The lowest BCUT2D eigenvalue weighted by Gasteiger charge is -2.47. The van der Waals surface area contributed by atoms with E-state index in [1.807, 2.05) is 30.9 Å². The first-order chi connectivity index (χ1) is 16.4. The standard InChI is InChI=1S/C27H32F3N3O2/c1-16-6-7-22(18(3)12-16)25-23-8-9-24(34)32(23)10-11-33(25)26(35)31(5)19(4)20-13-17(2)14-21(15-20)27(28,29)30/h6-7,12-15,19,23,25H,8-11H2,1-5H3. The van der Waals surface area contributed by atoms with Crippen LogP contribution in [0, 0.1) is 20.8 Å². The molecule has 0 bridgehead atoms. The smallest absolute Gasteiger partial charge is 0.335 e. The third-order valence-corrected chi connectivity index (χ3v) is 7.44. The maximum atomic E-state index is 13.8. The van der Waals surface area contributed by atoms with Crippen LogP contribution in [0.2, 0.25) is 0 Å². The first-order valence-electron chi connectivity index (χ1n) is 12.0. The second kappa shape index (κ2) is 9.21. The lowest BCUT2D eigenvalue weighted by atomic mass is 9.90. The van der Waals surface area contributed by atoms with Crippen molar-refractivity contribution in [2.45, 2.75) is 64.8 Å². The van der Waals surface area contributed by atoms with Gasteiger partial charge in [0.05, 0.1) is 23.7 Å². The Morgan fingerprint density at radius 1 is 1.06 bits per heavy atom. The highest BCUT2D eigenvalue weighted by Crippen LogP contribution is 2.40. The molecule has 2 saturated heterocycles. The van der Waals surface area contributed by atoms with Crippen LogP contribution < -0.4 is 0 Å². The van der Waals surface area contributed by atoms with E-state index in [0.29, 0.717) is 37.1 Å². The molecule has 4 rings (SSSR count). The highest BCUT2D eigenvalue weighted by molar-refractivity contribution is 5.81. The number of amides is 3. The van der Waals surface area contributed by atoms with Gasteiger partial charge in [-0.3, -0.25) is 4.79 Å². The average molecular weight is 488 g/mol. The zero-order valence-corrected chi connectivity index (χ0v) is 20.8. The van der Waals surface area contributed by atoms with Crippen LogP contribution in [0.5, 0.6) is 0 Å². The van der Waals surface area contributed by atoms with Gasteiger partial charge in [-0.25, -0.2) is 4.79 Å². The molecule has 0 spiro atoms. The highest BCUT2D eigenvalue weighted by Gasteiger charge is 2.46. The Balaban J connectivity index is 1.67. The summed E-state index contributed by atoms with van der Waals surface area (Å²) in [5, 5.41) is 0. The Hall–Kier alpha value is -3.03. The lowest BCUT2D eigenvalue weighted by Crippen LogP contribution is -2.57. The van der Waals surface area contributed by atoms with Crippen LogP contribution in [0.4, 0.5) is 18.0 Å². The maximum absolute atomic E-state index is 13.8. The van der Waals surface area contributed by atoms with Crippen molar-refractivity contribution in [3.8, 4) is 0 Å². The Morgan fingerprint density at radius 3 is 2.43 bits per heavy atom. The summed E-state index contributed by atoms with van der Waals surface area (Å²) in [6.45, 7) is 8.23. The fraction of sp³-hybridized carbons (Fsp3) is 0.481. The van der Waals surface area contributed by atoms with Gasteiger partial charge in [-0.15, -0.1) is 0 Å². The third kappa shape index (κ3) is 4.75. The minimum absolute atomic E-state index is 0.109. The first-order valence-corrected chi connectivity index (χ1v) is 12.0. The molecular weight excluding hydrogens is 455 g/mol.